The van der Waals surface area contributed by atoms with Gasteiger partial charge < -0.3 is 15.2 Å². The Morgan fingerprint density at radius 1 is 1.38 bits per heavy atom. The second kappa shape index (κ2) is 7.18. The summed E-state index contributed by atoms with van der Waals surface area (Å²) in [5.41, 5.74) is 7.36. The lowest BCUT2D eigenvalue weighted by molar-refractivity contribution is -0.136. The summed E-state index contributed by atoms with van der Waals surface area (Å²) in [5, 5.41) is 0. The van der Waals surface area contributed by atoms with Crippen LogP contribution in [-0.2, 0) is 11.3 Å². The first-order valence-electron chi connectivity index (χ1n) is 8.66. The van der Waals surface area contributed by atoms with Crippen LogP contribution in [-0.4, -0.2) is 32.9 Å². The zero-order valence-electron chi connectivity index (χ0n) is 14.4. The summed E-state index contributed by atoms with van der Waals surface area (Å²) in [6, 6.07) is 9.84. The number of carbonyl (C=O) groups is 1. The zero-order valence-corrected chi connectivity index (χ0v) is 14.4. The van der Waals surface area contributed by atoms with Gasteiger partial charge in [-0.1, -0.05) is 37.3 Å². The maximum atomic E-state index is 13.0. The smallest absolute Gasteiger partial charge is 0.227 e. The average Bonchev–Trinajstić information content (AvgIpc) is 3.23. The highest BCUT2D eigenvalue weighted by Crippen LogP contribution is 2.26. The molecule has 3 rings (SSSR count). The molecule has 1 aliphatic rings. The van der Waals surface area contributed by atoms with Gasteiger partial charge in [-0.3, -0.25) is 4.79 Å². The van der Waals surface area contributed by atoms with Gasteiger partial charge in [0.2, 0.25) is 5.91 Å². The molecule has 2 aromatic rings. The molecule has 3 unspecified atom stereocenters. The van der Waals surface area contributed by atoms with E-state index in [9.17, 15) is 4.79 Å². The van der Waals surface area contributed by atoms with Gasteiger partial charge >= 0.3 is 0 Å². The lowest BCUT2D eigenvalue weighted by Gasteiger charge is -2.30. The Hall–Kier alpha value is -2.14. The normalized spacial score (nSPS) is 20.1. The number of amides is 1. The zero-order chi connectivity index (χ0) is 17.1. The van der Waals surface area contributed by atoms with Crippen LogP contribution < -0.4 is 5.73 Å². The van der Waals surface area contributed by atoms with Gasteiger partial charge in [-0.25, -0.2) is 4.98 Å². The van der Waals surface area contributed by atoms with E-state index in [0.29, 0.717) is 0 Å². The van der Waals surface area contributed by atoms with Crippen molar-refractivity contribution in [3.8, 4) is 0 Å². The number of aryl methyl sites for hydroxylation is 1. The van der Waals surface area contributed by atoms with Gasteiger partial charge in [0.15, 0.2) is 0 Å². The van der Waals surface area contributed by atoms with E-state index in [1.165, 1.54) is 0 Å². The molecule has 24 heavy (non-hydrogen) atoms. The largest absolute Gasteiger partial charge is 0.338 e. The van der Waals surface area contributed by atoms with Gasteiger partial charge in [-0.05, 0) is 25.3 Å². The number of aromatic nitrogens is 2. The predicted octanol–water partition coefficient (Wildman–Crippen LogP) is 2.52. The minimum Gasteiger partial charge on any atom is -0.338 e. The molecule has 1 aliphatic heterocycles. The van der Waals surface area contributed by atoms with Crippen LogP contribution in [0.4, 0.5) is 0 Å². The topological polar surface area (TPSA) is 64.2 Å². The summed E-state index contributed by atoms with van der Waals surface area (Å²) in [6.07, 6.45) is 5.88. The fraction of sp³-hybridized carbons (Fsp3) is 0.474. The Bertz CT molecular complexity index is 682. The third-order valence-electron chi connectivity index (χ3n) is 5.10. The van der Waals surface area contributed by atoms with Crippen LogP contribution in [0.5, 0.6) is 0 Å². The summed E-state index contributed by atoms with van der Waals surface area (Å²) in [4.78, 5) is 19.3. The third kappa shape index (κ3) is 3.36. The van der Waals surface area contributed by atoms with E-state index in [2.05, 4.69) is 9.55 Å². The van der Waals surface area contributed by atoms with Crippen molar-refractivity contribution in [2.24, 2.45) is 11.7 Å². The molecular formula is C19H26N4O. The number of benzene rings is 1. The molecule has 2 N–H and O–H groups in total. The summed E-state index contributed by atoms with van der Waals surface area (Å²) in [5.74, 6) is 0.923. The molecule has 1 amide bonds. The van der Waals surface area contributed by atoms with Gasteiger partial charge in [0.05, 0.1) is 5.92 Å². The summed E-state index contributed by atoms with van der Waals surface area (Å²) < 4.78 is 2.12. The average molecular weight is 326 g/mol. The molecule has 1 saturated heterocycles. The number of carbonyl (C=O) groups excluding carboxylic acids is 1. The SMILES string of the molecule is Cc1nccn1CC1CCCN1C(=O)C(C)C(N)c1ccccc1. The van der Waals surface area contributed by atoms with Crippen LogP contribution >= 0.6 is 0 Å². The van der Waals surface area contributed by atoms with Crippen molar-refractivity contribution in [3.05, 3.63) is 54.1 Å². The molecule has 2 heterocycles. The Balaban J connectivity index is 1.70. The minimum absolute atomic E-state index is 0.159. The summed E-state index contributed by atoms with van der Waals surface area (Å²) in [7, 11) is 0. The van der Waals surface area contributed by atoms with Crippen molar-refractivity contribution in [2.75, 3.05) is 6.54 Å². The molecule has 1 aromatic carbocycles. The molecule has 1 fully saturated rings. The van der Waals surface area contributed by atoms with Gasteiger partial charge in [-0.2, -0.15) is 0 Å². The molecule has 1 aromatic heterocycles. The number of imidazole rings is 1. The number of hydrogen-bond donors (Lipinski definition) is 1. The van der Waals surface area contributed by atoms with Crippen LogP contribution in [0, 0.1) is 12.8 Å². The molecule has 0 saturated carbocycles. The van der Waals surface area contributed by atoms with Crippen LogP contribution in [0.3, 0.4) is 0 Å². The maximum Gasteiger partial charge on any atom is 0.227 e. The van der Waals surface area contributed by atoms with E-state index < -0.39 is 0 Å². The van der Waals surface area contributed by atoms with Crippen molar-refractivity contribution < 1.29 is 4.79 Å². The minimum atomic E-state index is -0.269. The molecular weight excluding hydrogens is 300 g/mol. The van der Waals surface area contributed by atoms with Crippen molar-refractivity contribution in [2.45, 2.75) is 45.3 Å². The molecule has 128 valence electrons. The molecule has 5 heteroatoms. The number of hydrogen-bond acceptors (Lipinski definition) is 3. The number of likely N-dealkylation sites (tertiary alicyclic amines) is 1. The van der Waals surface area contributed by atoms with E-state index in [4.69, 9.17) is 5.73 Å². The first kappa shape index (κ1) is 16.7. The first-order chi connectivity index (χ1) is 11.6. The second-order valence-electron chi connectivity index (χ2n) is 6.68. The maximum absolute atomic E-state index is 13.0. The van der Waals surface area contributed by atoms with Crippen molar-refractivity contribution in [1.29, 1.82) is 0 Å². The standard InChI is InChI=1S/C19H26N4O/c1-14(18(20)16-7-4-3-5-8-16)19(24)23-11-6-9-17(23)13-22-12-10-21-15(22)2/h3-5,7-8,10,12,14,17-18H,6,9,11,13,20H2,1-2H3. The molecule has 0 spiro atoms. The van der Waals surface area contributed by atoms with Gasteiger partial charge in [0, 0.05) is 37.6 Å². The second-order valence-corrected chi connectivity index (χ2v) is 6.68. The fourth-order valence-electron chi connectivity index (χ4n) is 3.52. The van der Waals surface area contributed by atoms with Crippen molar-refractivity contribution in [3.63, 3.8) is 0 Å². The fourth-order valence-corrected chi connectivity index (χ4v) is 3.52. The van der Waals surface area contributed by atoms with E-state index >= 15 is 0 Å². The quantitative estimate of drug-likeness (QED) is 0.918. The monoisotopic (exact) mass is 326 g/mol. The van der Waals surface area contributed by atoms with Crippen molar-refractivity contribution in [1.82, 2.24) is 14.5 Å². The lowest BCUT2D eigenvalue weighted by atomic mass is 9.94. The molecule has 0 bridgehead atoms. The highest BCUT2D eigenvalue weighted by Gasteiger charge is 2.34. The van der Waals surface area contributed by atoms with E-state index in [1.54, 1.807) is 0 Å². The Morgan fingerprint density at radius 3 is 2.79 bits per heavy atom. The molecule has 0 aliphatic carbocycles. The third-order valence-corrected chi connectivity index (χ3v) is 5.10. The van der Waals surface area contributed by atoms with Crippen LogP contribution in [0.1, 0.15) is 37.2 Å². The number of rotatable bonds is 5. The van der Waals surface area contributed by atoms with Crippen LogP contribution in [0.2, 0.25) is 0 Å². The van der Waals surface area contributed by atoms with E-state index in [0.717, 1.165) is 37.3 Å². The Labute approximate surface area is 143 Å². The highest BCUT2D eigenvalue weighted by molar-refractivity contribution is 5.80. The van der Waals surface area contributed by atoms with Gasteiger partial charge in [-0.15, -0.1) is 0 Å². The first-order valence-corrected chi connectivity index (χ1v) is 8.66. The van der Waals surface area contributed by atoms with Gasteiger partial charge in [0.25, 0.3) is 0 Å². The molecule has 0 radical (unpaired) electrons. The van der Waals surface area contributed by atoms with Gasteiger partial charge in [0.1, 0.15) is 5.82 Å². The van der Waals surface area contributed by atoms with Crippen molar-refractivity contribution >= 4 is 5.91 Å². The summed E-state index contributed by atoms with van der Waals surface area (Å²) >= 11 is 0. The predicted molar refractivity (Wildman–Crippen MR) is 94.2 cm³/mol. The van der Waals surface area contributed by atoms with Crippen LogP contribution in [0.15, 0.2) is 42.7 Å². The molecule has 3 atom stereocenters. The Kier molecular flexibility index (Phi) is 5.00. The molecule has 5 nitrogen and oxygen atoms in total. The van der Waals surface area contributed by atoms with E-state index in [-0.39, 0.29) is 23.9 Å². The Morgan fingerprint density at radius 2 is 2.12 bits per heavy atom. The summed E-state index contributed by atoms with van der Waals surface area (Å²) in [6.45, 7) is 5.57. The highest BCUT2D eigenvalue weighted by atomic mass is 16.2. The lowest BCUT2D eigenvalue weighted by Crippen LogP contribution is -2.43. The van der Waals surface area contributed by atoms with Crippen LogP contribution in [0.25, 0.3) is 0 Å². The number of nitrogens with two attached hydrogens (primary N) is 1. The number of nitrogens with zero attached hydrogens (tertiary/aromatic N) is 3. The van der Waals surface area contributed by atoms with E-state index in [1.807, 2.05) is 61.5 Å².